The topological polar surface area (TPSA) is 90.2 Å². The van der Waals surface area contributed by atoms with Crippen LogP contribution in [0.4, 0.5) is 0 Å². The molecule has 4 N–H and O–H groups in total. The molecule has 8 aliphatic carbocycles. The van der Waals surface area contributed by atoms with Crippen molar-refractivity contribution in [3.63, 3.8) is 0 Å². The van der Waals surface area contributed by atoms with Gasteiger partial charge in [-0.2, -0.15) is 0 Å². The highest BCUT2D eigenvalue weighted by atomic mass is 16.5. The molecule has 1 heterocycles. The minimum atomic E-state index is -0.00579. The van der Waals surface area contributed by atoms with Gasteiger partial charge in [0.2, 0.25) is 0 Å². The van der Waals surface area contributed by atoms with Gasteiger partial charge in [-0.15, -0.1) is 0 Å². The zero-order chi connectivity index (χ0) is 56.5. The summed E-state index contributed by atoms with van der Waals surface area (Å²) in [5.41, 5.74) is 1.52. The third-order valence-corrected chi connectivity index (χ3v) is 21.3. The first-order valence-electron chi connectivity index (χ1n) is 33.6. The number of hydrogen-bond donors (Lipinski definition) is 4. The van der Waals surface area contributed by atoms with Crippen LogP contribution in [0.25, 0.3) is 0 Å². The number of aliphatic hydroxyl groups excluding tert-OH is 4. The first-order chi connectivity index (χ1) is 35.2. The summed E-state index contributed by atoms with van der Waals surface area (Å²) in [6.07, 6.45) is 39.5. The van der Waals surface area contributed by atoms with Crippen molar-refractivity contribution in [3.05, 3.63) is 0 Å². The van der Waals surface area contributed by atoms with E-state index in [1.165, 1.54) is 135 Å². The van der Waals surface area contributed by atoms with Gasteiger partial charge in [0.1, 0.15) is 0 Å². The number of ether oxygens (including phenoxy) is 1. The van der Waals surface area contributed by atoms with Gasteiger partial charge in [0, 0.05) is 6.61 Å². The average Bonchev–Trinajstić information content (AvgIpc) is 4.02. The normalized spacial score (nSPS) is 32.1. The largest absolute Gasteiger partial charge is 0.393 e. The molecule has 1 spiro atoms. The minimum Gasteiger partial charge on any atom is -0.393 e. The van der Waals surface area contributed by atoms with Crippen LogP contribution >= 0.6 is 0 Å². The fraction of sp³-hybridized carbons (Fsp3) is 1.00. The van der Waals surface area contributed by atoms with E-state index in [9.17, 15) is 15.3 Å². The van der Waals surface area contributed by atoms with E-state index in [2.05, 4.69) is 125 Å². The molecule has 0 radical (unpaired) electrons. The molecular weight excluding hydrogens is 921 g/mol. The lowest BCUT2D eigenvalue weighted by Crippen LogP contribution is -2.44. The lowest BCUT2D eigenvalue weighted by molar-refractivity contribution is -0.0435. The molecule has 0 bridgehead atoms. The summed E-state index contributed by atoms with van der Waals surface area (Å²) in [7, 11) is 0. The van der Waals surface area contributed by atoms with Crippen molar-refractivity contribution < 1.29 is 25.2 Å². The molecule has 9 rings (SSSR count). The van der Waals surface area contributed by atoms with Crippen LogP contribution in [0.2, 0.25) is 0 Å². The van der Waals surface area contributed by atoms with Crippen molar-refractivity contribution >= 4 is 0 Å². The van der Waals surface area contributed by atoms with Gasteiger partial charge in [0.05, 0.1) is 30.5 Å². The Labute approximate surface area is 470 Å². The van der Waals surface area contributed by atoms with Crippen LogP contribution in [0.5, 0.6) is 0 Å². The Hall–Kier alpha value is -0.200. The van der Waals surface area contributed by atoms with Gasteiger partial charge in [0.25, 0.3) is 0 Å². The molecule has 8 saturated carbocycles. The zero-order valence-corrected chi connectivity index (χ0v) is 54.0. The van der Waals surface area contributed by atoms with Crippen molar-refractivity contribution in [1.82, 2.24) is 0 Å². The maximum absolute atomic E-state index is 9.54. The molecule has 10 atom stereocenters. The SMILES string of the molecule is CC(C)C1CC2(CCC2)C1.CC(C)C1CCC1O.CC(C)C1CCCC1O.CC(C)C1CCCCC1.CC(C)C1CCCCC1(C)C.CC(C)C1CCCCC1O.CC(C)C1CCCCC1O.CC(C)C1CCCO1. The maximum atomic E-state index is 9.54. The Morgan fingerprint density at radius 1 is 0.320 bits per heavy atom. The smallest absolute Gasteiger partial charge is 0.0598 e. The molecule has 5 nitrogen and oxygen atoms in total. The van der Waals surface area contributed by atoms with E-state index in [0.717, 1.165) is 79.1 Å². The Bertz CT molecular complexity index is 1320. The van der Waals surface area contributed by atoms with E-state index in [4.69, 9.17) is 9.84 Å². The summed E-state index contributed by atoms with van der Waals surface area (Å²) >= 11 is 0. The molecule has 1 aliphatic heterocycles. The second kappa shape index (κ2) is 37.0. The summed E-state index contributed by atoms with van der Waals surface area (Å²) in [6, 6.07) is 0. The van der Waals surface area contributed by atoms with Crippen molar-refractivity contribution in [2.75, 3.05) is 6.61 Å². The standard InChI is InChI=1S/C11H22.C10H18.2C9H18O.C9H18.C8H16O.2C7H14O/c1-9(2)10-7-5-6-8-11(10,3)4;1-8(2)9-6-10(7-9)4-3-5-10;2*1-7(2)8-5-3-4-6-9(8)10;1-8(2)9-6-4-3-5-7-9;1-6(2)7-4-3-5-8(7)9;1-6(2)7-4-3-5-8-7;1-5(2)6-3-4-7(6)8/h9-10H,5-8H2,1-4H3;8-9H,3-7H2,1-2H3;2*7-10H,3-6H2,1-2H3;8-9H,3-7H2,1-2H3;6-9H,3-5H2,1-2H3;6-7H,3-5H2,1-2H3;5-8H,3-4H2,1-2H3. The molecule has 75 heavy (non-hydrogen) atoms. The molecule has 10 unspecified atom stereocenters. The van der Waals surface area contributed by atoms with E-state index < -0.39 is 0 Å². The Balaban J connectivity index is 0.000000294. The average molecular weight is 1060 g/mol. The molecule has 0 aromatic heterocycles. The summed E-state index contributed by atoms with van der Waals surface area (Å²) < 4.78 is 5.41. The van der Waals surface area contributed by atoms with Crippen LogP contribution < -0.4 is 0 Å². The van der Waals surface area contributed by atoms with Crippen molar-refractivity contribution in [2.24, 2.45) is 99.6 Å². The number of aliphatic hydroxyl groups is 4. The van der Waals surface area contributed by atoms with Crippen LogP contribution in [-0.4, -0.2) is 57.6 Å². The summed E-state index contributed by atoms with van der Waals surface area (Å²) in [5.74, 6) is 11.6. The van der Waals surface area contributed by atoms with E-state index in [1.54, 1.807) is 25.7 Å². The van der Waals surface area contributed by atoms with Gasteiger partial charge >= 0.3 is 0 Å². The van der Waals surface area contributed by atoms with Gasteiger partial charge in [-0.3, -0.25) is 0 Å². The Kier molecular flexibility index (Phi) is 35.0. The molecule has 9 aliphatic rings. The monoisotopic (exact) mass is 1060 g/mol. The van der Waals surface area contributed by atoms with Crippen LogP contribution in [0.1, 0.15) is 311 Å². The second-order valence-electron chi connectivity index (χ2n) is 30.3. The third-order valence-electron chi connectivity index (χ3n) is 21.3. The van der Waals surface area contributed by atoms with Crippen LogP contribution in [0.3, 0.4) is 0 Å². The van der Waals surface area contributed by atoms with Crippen molar-refractivity contribution in [3.8, 4) is 0 Å². The van der Waals surface area contributed by atoms with Crippen molar-refractivity contribution in [1.29, 1.82) is 0 Å². The Morgan fingerprint density at radius 2 is 0.720 bits per heavy atom. The third kappa shape index (κ3) is 26.5. The van der Waals surface area contributed by atoms with Gasteiger partial charge in [0.15, 0.2) is 0 Å². The molecule has 0 aromatic carbocycles. The molecule has 0 aromatic rings. The van der Waals surface area contributed by atoms with Crippen LogP contribution in [-0.2, 0) is 4.74 Å². The molecule has 9 fully saturated rings. The maximum Gasteiger partial charge on any atom is 0.0598 e. The molecular formula is C70H138O5. The summed E-state index contributed by atoms with van der Waals surface area (Å²) in [5, 5.41) is 37.5. The molecule has 448 valence electrons. The molecule has 5 heteroatoms. The van der Waals surface area contributed by atoms with Gasteiger partial charge in [-0.1, -0.05) is 208 Å². The quantitative estimate of drug-likeness (QED) is 0.194. The van der Waals surface area contributed by atoms with Crippen molar-refractivity contribution in [2.45, 2.75) is 341 Å². The summed E-state index contributed by atoms with van der Waals surface area (Å²) in [6.45, 7) is 42.1. The first-order valence-corrected chi connectivity index (χ1v) is 33.6. The minimum absolute atomic E-state index is 0.00463. The Morgan fingerprint density at radius 3 is 0.960 bits per heavy atom. The zero-order valence-electron chi connectivity index (χ0n) is 54.0. The van der Waals surface area contributed by atoms with Crippen LogP contribution in [0.15, 0.2) is 0 Å². The van der Waals surface area contributed by atoms with E-state index in [0.29, 0.717) is 58.9 Å². The molecule has 0 amide bonds. The van der Waals surface area contributed by atoms with Gasteiger partial charge in [-0.05, 0) is 202 Å². The first kappa shape index (κ1) is 70.9. The van der Waals surface area contributed by atoms with Gasteiger partial charge < -0.3 is 25.2 Å². The number of rotatable bonds is 8. The lowest BCUT2D eigenvalue weighted by atomic mass is 9.50. The number of hydrogen-bond acceptors (Lipinski definition) is 5. The predicted octanol–water partition coefficient (Wildman–Crippen LogP) is 19.7. The highest BCUT2D eigenvalue weighted by molar-refractivity contribution is 4.99. The fourth-order valence-corrected chi connectivity index (χ4v) is 15.2. The van der Waals surface area contributed by atoms with E-state index in [-0.39, 0.29) is 24.4 Å². The fourth-order valence-electron chi connectivity index (χ4n) is 15.2. The highest BCUT2D eigenvalue weighted by Crippen LogP contribution is 2.60. The summed E-state index contributed by atoms with van der Waals surface area (Å²) in [4.78, 5) is 0. The van der Waals surface area contributed by atoms with Crippen LogP contribution in [0, 0.1) is 99.6 Å². The van der Waals surface area contributed by atoms with Gasteiger partial charge in [-0.25, -0.2) is 0 Å². The van der Waals surface area contributed by atoms with E-state index >= 15 is 0 Å². The van der Waals surface area contributed by atoms with E-state index in [1.807, 2.05) is 0 Å². The second-order valence-corrected chi connectivity index (χ2v) is 30.3. The molecule has 1 saturated heterocycles. The highest BCUT2D eigenvalue weighted by Gasteiger charge is 2.48. The lowest BCUT2D eigenvalue weighted by Gasteiger charge is -2.55. The predicted molar refractivity (Wildman–Crippen MR) is 327 cm³/mol.